The molecule has 2 heteroatoms. The van der Waals surface area contributed by atoms with Gasteiger partial charge in [0, 0.05) is 31.7 Å². The summed E-state index contributed by atoms with van der Waals surface area (Å²) < 4.78 is 0. The Hall–Kier alpha value is -0.860. The van der Waals surface area contributed by atoms with Crippen LogP contribution in [0.5, 0.6) is 0 Å². The van der Waals surface area contributed by atoms with E-state index < -0.39 is 0 Å². The normalized spacial score (nSPS) is 30.0. The Morgan fingerprint density at radius 1 is 1.14 bits per heavy atom. The van der Waals surface area contributed by atoms with Gasteiger partial charge in [0.15, 0.2) is 0 Å². The number of piperidine rings is 1. The van der Waals surface area contributed by atoms with Gasteiger partial charge in [0.1, 0.15) is 0 Å². The van der Waals surface area contributed by atoms with Crippen molar-refractivity contribution in [1.29, 1.82) is 0 Å². The maximum Gasteiger partial charge on any atom is 0.0236 e. The average molecular weight is 284 g/mol. The third-order valence-corrected chi connectivity index (χ3v) is 5.75. The van der Waals surface area contributed by atoms with E-state index in [1.54, 1.807) is 0 Å². The fourth-order valence-corrected chi connectivity index (χ4v) is 4.16. The lowest BCUT2D eigenvalue weighted by molar-refractivity contribution is 0.205. The number of nitrogens with zero attached hydrogens (tertiary/aromatic N) is 1. The molecule has 3 aliphatic rings. The highest BCUT2D eigenvalue weighted by Crippen LogP contribution is 2.38. The second-order valence-electron chi connectivity index (χ2n) is 7.59. The van der Waals surface area contributed by atoms with Crippen molar-refractivity contribution in [2.24, 2.45) is 5.92 Å². The summed E-state index contributed by atoms with van der Waals surface area (Å²) in [7, 11) is 0. The molecule has 1 saturated heterocycles. The van der Waals surface area contributed by atoms with E-state index in [4.69, 9.17) is 0 Å². The van der Waals surface area contributed by atoms with Gasteiger partial charge in [-0.1, -0.05) is 31.2 Å². The summed E-state index contributed by atoms with van der Waals surface area (Å²) in [5, 5.41) is 3.64. The zero-order valence-corrected chi connectivity index (χ0v) is 13.2. The minimum atomic E-state index is 0.627. The topological polar surface area (TPSA) is 15.3 Å². The van der Waals surface area contributed by atoms with Crippen LogP contribution in [0.2, 0.25) is 0 Å². The van der Waals surface area contributed by atoms with Gasteiger partial charge in [-0.05, 0) is 55.1 Å². The van der Waals surface area contributed by atoms with Crippen molar-refractivity contribution < 1.29 is 0 Å². The van der Waals surface area contributed by atoms with Gasteiger partial charge in [0.05, 0.1) is 0 Å². The highest BCUT2D eigenvalue weighted by Gasteiger charge is 2.37. The van der Waals surface area contributed by atoms with Gasteiger partial charge < -0.3 is 5.32 Å². The number of likely N-dealkylation sites (tertiary alicyclic amines) is 1. The molecule has 2 saturated carbocycles. The van der Waals surface area contributed by atoms with Gasteiger partial charge in [-0.15, -0.1) is 0 Å². The first-order chi connectivity index (χ1) is 10.3. The van der Waals surface area contributed by atoms with Crippen molar-refractivity contribution in [3.8, 4) is 0 Å². The third kappa shape index (κ3) is 3.17. The van der Waals surface area contributed by atoms with Gasteiger partial charge in [0.25, 0.3) is 0 Å². The molecular weight excluding hydrogens is 256 g/mol. The molecule has 2 bridgehead atoms. The predicted molar refractivity (Wildman–Crippen MR) is 87.4 cm³/mol. The van der Waals surface area contributed by atoms with Crippen molar-refractivity contribution in [3.05, 3.63) is 35.4 Å². The van der Waals surface area contributed by atoms with Crippen LogP contribution in [0.4, 0.5) is 0 Å². The molecule has 2 aliphatic carbocycles. The van der Waals surface area contributed by atoms with Crippen molar-refractivity contribution in [2.45, 2.75) is 63.6 Å². The van der Waals surface area contributed by atoms with E-state index in [9.17, 15) is 0 Å². The van der Waals surface area contributed by atoms with Crippen molar-refractivity contribution in [1.82, 2.24) is 10.2 Å². The van der Waals surface area contributed by atoms with Gasteiger partial charge in [-0.3, -0.25) is 4.90 Å². The Bertz CT molecular complexity index is 477. The molecule has 2 nitrogen and oxygen atoms in total. The molecule has 1 N–H and O–H groups in total. The summed E-state index contributed by atoms with van der Waals surface area (Å²) in [5.74, 6) is 1.63. The highest BCUT2D eigenvalue weighted by molar-refractivity contribution is 5.25. The molecule has 21 heavy (non-hydrogen) atoms. The van der Waals surface area contributed by atoms with Crippen LogP contribution in [0, 0.1) is 5.92 Å². The number of hydrogen-bond acceptors (Lipinski definition) is 2. The molecule has 3 atom stereocenters. The number of fused-ring (bicyclic) bond motifs is 2. The lowest BCUT2D eigenvalue weighted by atomic mass is 9.99. The summed E-state index contributed by atoms with van der Waals surface area (Å²) in [6.07, 6.45) is 7.13. The minimum absolute atomic E-state index is 0.627. The molecule has 4 rings (SSSR count). The van der Waals surface area contributed by atoms with Gasteiger partial charge in [-0.25, -0.2) is 0 Å². The molecule has 1 aromatic rings. The van der Waals surface area contributed by atoms with Crippen LogP contribution in [0.25, 0.3) is 0 Å². The van der Waals surface area contributed by atoms with Crippen LogP contribution in [0.1, 0.15) is 56.1 Å². The van der Waals surface area contributed by atoms with Crippen molar-refractivity contribution in [2.75, 3.05) is 13.1 Å². The summed E-state index contributed by atoms with van der Waals surface area (Å²) in [6, 6.07) is 11.1. The summed E-state index contributed by atoms with van der Waals surface area (Å²) in [4.78, 5) is 2.71. The molecule has 0 spiro atoms. The van der Waals surface area contributed by atoms with E-state index in [1.165, 1.54) is 49.8 Å². The fourth-order valence-electron chi connectivity index (χ4n) is 4.16. The standard InChI is InChI=1S/C19H28N2/c1-14(11-20-18-7-8-18)17-5-2-15(3-6-17)12-21-13-16-4-9-19(21)10-16/h2-3,5-6,14,16,18-20H,4,7-13H2,1H3. The van der Waals surface area contributed by atoms with E-state index in [0.717, 1.165) is 31.1 Å². The van der Waals surface area contributed by atoms with Crippen molar-refractivity contribution in [3.63, 3.8) is 0 Å². The summed E-state index contributed by atoms with van der Waals surface area (Å²) in [6.45, 7) is 5.97. The first-order valence-electron chi connectivity index (χ1n) is 8.84. The first kappa shape index (κ1) is 13.8. The zero-order valence-electron chi connectivity index (χ0n) is 13.2. The molecule has 3 unspecified atom stereocenters. The Balaban J connectivity index is 1.32. The van der Waals surface area contributed by atoms with Crippen LogP contribution in [-0.4, -0.2) is 30.1 Å². The summed E-state index contributed by atoms with van der Waals surface area (Å²) in [5.41, 5.74) is 2.98. The second-order valence-corrected chi connectivity index (χ2v) is 7.59. The maximum absolute atomic E-state index is 3.64. The molecule has 114 valence electrons. The van der Waals surface area contributed by atoms with E-state index in [2.05, 4.69) is 41.4 Å². The van der Waals surface area contributed by atoms with Crippen LogP contribution in [0.3, 0.4) is 0 Å². The Kier molecular flexibility index (Phi) is 3.76. The van der Waals surface area contributed by atoms with Gasteiger partial charge >= 0.3 is 0 Å². The Morgan fingerprint density at radius 2 is 1.95 bits per heavy atom. The monoisotopic (exact) mass is 284 g/mol. The lowest BCUT2D eigenvalue weighted by Crippen LogP contribution is -2.31. The molecule has 3 fully saturated rings. The molecular formula is C19H28N2. The SMILES string of the molecule is CC(CNC1CC1)c1ccc(CN2CC3CCC2C3)cc1. The number of benzene rings is 1. The second kappa shape index (κ2) is 5.73. The van der Waals surface area contributed by atoms with Crippen LogP contribution >= 0.6 is 0 Å². The van der Waals surface area contributed by atoms with E-state index in [0.29, 0.717) is 5.92 Å². The predicted octanol–water partition coefficient (Wildman–Crippen LogP) is 3.53. The smallest absolute Gasteiger partial charge is 0.0236 e. The molecule has 0 amide bonds. The molecule has 1 heterocycles. The average Bonchev–Trinajstić information content (AvgIpc) is 3.11. The van der Waals surface area contributed by atoms with Crippen LogP contribution in [-0.2, 0) is 6.54 Å². The maximum atomic E-state index is 3.64. The highest BCUT2D eigenvalue weighted by atomic mass is 15.2. The van der Waals surface area contributed by atoms with E-state index in [1.807, 2.05) is 0 Å². The molecule has 1 aliphatic heterocycles. The minimum Gasteiger partial charge on any atom is -0.313 e. The number of rotatable bonds is 6. The van der Waals surface area contributed by atoms with Crippen LogP contribution < -0.4 is 5.32 Å². The Morgan fingerprint density at radius 3 is 2.57 bits per heavy atom. The molecule has 0 radical (unpaired) electrons. The fraction of sp³-hybridized carbons (Fsp3) is 0.684. The third-order valence-electron chi connectivity index (χ3n) is 5.75. The summed E-state index contributed by atoms with van der Waals surface area (Å²) >= 11 is 0. The van der Waals surface area contributed by atoms with Crippen LogP contribution in [0.15, 0.2) is 24.3 Å². The first-order valence-corrected chi connectivity index (χ1v) is 8.84. The molecule has 1 aromatic carbocycles. The van der Waals surface area contributed by atoms with E-state index >= 15 is 0 Å². The number of nitrogens with one attached hydrogen (secondary N) is 1. The lowest BCUT2D eigenvalue weighted by Gasteiger charge is -2.26. The van der Waals surface area contributed by atoms with Gasteiger partial charge in [0.2, 0.25) is 0 Å². The van der Waals surface area contributed by atoms with Gasteiger partial charge in [-0.2, -0.15) is 0 Å². The largest absolute Gasteiger partial charge is 0.313 e. The molecule has 0 aromatic heterocycles. The zero-order chi connectivity index (χ0) is 14.2. The Labute approximate surface area is 128 Å². The quantitative estimate of drug-likeness (QED) is 0.860. The van der Waals surface area contributed by atoms with E-state index in [-0.39, 0.29) is 0 Å². The van der Waals surface area contributed by atoms with Crippen molar-refractivity contribution >= 4 is 0 Å². The number of hydrogen-bond donors (Lipinski definition) is 1.